The highest BCUT2D eigenvalue weighted by Crippen LogP contribution is 2.31. The first kappa shape index (κ1) is 16.8. The zero-order valence-electron chi connectivity index (χ0n) is 10.2. The van der Waals surface area contributed by atoms with E-state index in [1.807, 2.05) is 0 Å². The van der Waals surface area contributed by atoms with E-state index in [4.69, 9.17) is 5.11 Å². The monoisotopic (exact) mass is 315 g/mol. The van der Waals surface area contributed by atoms with Gasteiger partial charge in [-0.2, -0.15) is 13.2 Å². The minimum absolute atomic E-state index is 0.0731. The second-order valence-electron chi connectivity index (χ2n) is 4.13. The van der Waals surface area contributed by atoms with Gasteiger partial charge in [0.1, 0.15) is 23.0 Å². The SMILES string of the molecule is CC(NC(=O)c1c(F)cc(F)cc1F)(C(=O)O)C(F)(F)F. The summed E-state index contributed by atoms with van der Waals surface area (Å²) in [5, 5.41) is 9.55. The summed E-state index contributed by atoms with van der Waals surface area (Å²) < 4.78 is 77.1. The van der Waals surface area contributed by atoms with Gasteiger partial charge in [-0.25, -0.2) is 18.0 Å². The molecule has 1 unspecified atom stereocenters. The number of carboxylic acids is 1. The third-order valence-corrected chi connectivity index (χ3v) is 2.59. The van der Waals surface area contributed by atoms with Crippen LogP contribution in [0.5, 0.6) is 0 Å². The lowest BCUT2D eigenvalue weighted by Crippen LogP contribution is -2.62. The number of hydrogen-bond acceptors (Lipinski definition) is 2. The summed E-state index contributed by atoms with van der Waals surface area (Å²) in [6.45, 7) is 0.104. The maximum atomic E-state index is 13.3. The lowest BCUT2D eigenvalue weighted by molar-refractivity contribution is -0.203. The van der Waals surface area contributed by atoms with E-state index in [9.17, 15) is 35.9 Å². The minimum atomic E-state index is -5.43. The van der Waals surface area contributed by atoms with Gasteiger partial charge in [0.2, 0.25) is 5.54 Å². The first-order valence-electron chi connectivity index (χ1n) is 5.17. The molecular formula is C11H7F6NO3. The van der Waals surface area contributed by atoms with Crippen LogP contribution < -0.4 is 5.32 Å². The molecule has 21 heavy (non-hydrogen) atoms. The van der Waals surface area contributed by atoms with Crippen molar-refractivity contribution >= 4 is 11.9 Å². The molecule has 1 rings (SSSR count). The molecule has 1 aromatic carbocycles. The van der Waals surface area contributed by atoms with Crippen LogP contribution in [-0.2, 0) is 4.79 Å². The molecule has 0 fully saturated rings. The van der Waals surface area contributed by atoms with Crippen LogP contribution >= 0.6 is 0 Å². The van der Waals surface area contributed by atoms with Gasteiger partial charge < -0.3 is 10.4 Å². The predicted molar refractivity (Wildman–Crippen MR) is 55.9 cm³/mol. The van der Waals surface area contributed by atoms with Crippen molar-refractivity contribution < 1.29 is 41.0 Å². The highest BCUT2D eigenvalue weighted by Gasteiger charge is 2.58. The van der Waals surface area contributed by atoms with Gasteiger partial charge in [0, 0.05) is 12.1 Å². The fourth-order valence-corrected chi connectivity index (χ4v) is 1.29. The van der Waals surface area contributed by atoms with E-state index >= 15 is 0 Å². The first-order valence-corrected chi connectivity index (χ1v) is 5.17. The van der Waals surface area contributed by atoms with Crippen molar-refractivity contribution in [3.05, 3.63) is 35.1 Å². The number of carbonyl (C=O) groups excluding carboxylic acids is 1. The van der Waals surface area contributed by atoms with Gasteiger partial charge in [-0.15, -0.1) is 0 Å². The van der Waals surface area contributed by atoms with Crippen LogP contribution in [0.2, 0.25) is 0 Å². The van der Waals surface area contributed by atoms with Crippen molar-refractivity contribution in [2.24, 2.45) is 0 Å². The number of alkyl halides is 3. The normalized spacial score (nSPS) is 14.4. The Morgan fingerprint density at radius 3 is 1.86 bits per heavy atom. The van der Waals surface area contributed by atoms with Crippen LogP contribution in [0, 0.1) is 17.5 Å². The fourth-order valence-electron chi connectivity index (χ4n) is 1.29. The minimum Gasteiger partial charge on any atom is -0.479 e. The first-order chi connectivity index (χ1) is 9.40. The Bertz CT molecular complexity index is 577. The second-order valence-corrected chi connectivity index (χ2v) is 4.13. The Morgan fingerprint density at radius 1 is 1.10 bits per heavy atom. The number of amides is 1. The number of carboxylic acid groups (broad SMARTS) is 1. The van der Waals surface area contributed by atoms with Crippen LogP contribution in [0.25, 0.3) is 0 Å². The van der Waals surface area contributed by atoms with Crippen LogP contribution in [0.15, 0.2) is 12.1 Å². The van der Waals surface area contributed by atoms with Crippen molar-refractivity contribution in [1.82, 2.24) is 5.32 Å². The summed E-state index contributed by atoms with van der Waals surface area (Å²) in [5.74, 6) is -9.38. The number of aliphatic carboxylic acids is 1. The van der Waals surface area contributed by atoms with Crippen molar-refractivity contribution in [1.29, 1.82) is 0 Å². The smallest absolute Gasteiger partial charge is 0.422 e. The molecule has 0 bridgehead atoms. The van der Waals surface area contributed by atoms with Crippen molar-refractivity contribution in [2.45, 2.75) is 18.6 Å². The number of benzene rings is 1. The molecule has 1 amide bonds. The Balaban J connectivity index is 3.25. The Kier molecular flexibility index (Phi) is 4.21. The summed E-state index contributed by atoms with van der Waals surface area (Å²) in [7, 11) is 0. The number of rotatable bonds is 3. The molecule has 116 valence electrons. The maximum absolute atomic E-state index is 13.3. The largest absolute Gasteiger partial charge is 0.479 e. The Hall–Kier alpha value is -2.26. The van der Waals surface area contributed by atoms with E-state index in [-0.39, 0.29) is 19.1 Å². The van der Waals surface area contributed by atoms with Gasteiger partial charge in [-0.3, -0.25) is 4.79 Å². The lowest BCUT2D eigenvalue weighted by Gasteiger charge is -2.28. The average Bonchev–Trinajstić information content (AvgIpc) is 2.24. The summed E-state index contributed by atoms with van der Waals surface area (Å²) >= 11 is 0. The predicted octanol–water partition coefficient (Wildman–Crippen LogP) is 2.24. The van der Waals surface area contributed by atoms with E-state index in [1.54, 1.807) is 0 Å². The zero-order chi connectivity index (χ0) is 16.6. The molecule has 1 aromatic rings. The molecular weight excluding hydrogens is 308 g/mol. The van der Waals surface area contributed by atoms with Crippen LogP contribution in [-0.4, -0.2) is 28.7 Å². The van der Waals surface area contributed by atoms with Crippen LogP contribution in [0.3, 0.4) is 0 Å². The topological polar surface area (TPSA) is 66.4 Å². The van der Waals surface area contributed by atoms with Gasteiger partial charge in [0.25, 0.3) is 5.91 Å². The molecule has 0 aliphatic carbocycles. The van der Waals surface area contributed by atoms with E-state index < -0.39 is 46.6 Å². The van der Waals surface area contributed by atoms with Crippen molar-refractivity contribution in [3.63, 3.8) is 0 Å². The number of hydrogen-bond donors (Lipinski definition) is 2. The third kappa shape index (κ3) is 3.09. The quantitative estimate of drug-likeness (QED) is 0.841. The molecule has 10 heteroatoms. The summed E-state index contributed by atoms with van der Waals surface area (Å²) in [4.78, 5) is 22.2. The van der Waals surface area contributed by atoms with Gasteiger partial charge in [-0.05, 0) is 6.92 Å². The Labute approximate surface area is 113 Å². The fraction of sp³-hybridized carbons (Fsp3) is 0.273. The van der Waals surface area contributed by atoms with Gasteiger partial charge in [-0.1, -0.05) is 0 Å². The summed E-state index contributed by atoms with van der Waals surface area (Å²) in [6, 6.07) is 0.146. The molecule has 0 saturated carbocycles. The third-order valence-electron chi connectivity index (χ3n) is 2.59. The Morgan fingerprint density at radius 2 is 1.52 bits per heavy atom. The van der Waals surface area contributed by atoms with Gasteiger partial charge in [0.15, 0.2) is 0 Å². The molecule has 4 nitrogen and oxygen atoms in total. The molecule has 0 aliphatic rings. The lowest BCUT2D eigenvalue weighted by atomic mass is 10.0. The number of carbonyl (C=O) groups is 2. The molecule has 0 heterocycles. The van der Waals surface area contributed by atoms with Crippen LogP contribution in [0.4, 0.5) is 26.3 Å². The number of halogens is 6. The molecule has 1 atom stereocenters. The molecule has 0 aromatic heterocycles. The highest BCUT2D eigenvalue weighted by atomic mass is 19.4. The second kappa shape index (κ2) is 5.26. The van der Waals surface area contributed by atoms with Crippen LogP contribution in [0.1, 0.15) is 17.3 Å². The van der Waals surface area contributed by atoms with Crippen molar-refractivity contribution in [3.8, 4) is 0 Å². The van der Waals surface area contributed by atoms with E-state index in [0.717, 1.165) is 5.32 Å². The summed E-state index contributed by atoms with van der Waals surface area (Å²) in [5.41, 5.74) is -5.29. The van der Waals surface area contributed by atoms with Gasteiger partial charge >= 0.3 is 12.1 Å². The molecule has 0 spiro atoms. The standard InChI is InChI=1S/C11H7F6NO3/c1-10(9(20)21,11(15,16)17)18-8(19)7-5(13)2-4(12)3-6(7)14/h2-3H,1H3,(H,18,19)(H,20,21). The number of nitrogens with one attached hydrogen (secondary N) is 1. The molecule has 2 N–H and O–H groups in total. The average molecular weight is 315 g/mol. The summed E-state index contributed by atoms with van der Waals surface area (Å²) in [6.07, 6.45) is -5.43. The molecule has 0 saturated heterocycles. The zero-order valence-corrected chi connectivity index (χ0v) is 10.2. The van der Waals surface area contributed by atoms with E-state index in [0.29, 0.717) is 0 Å². The maximum Gasteiger partial charge on any atom is 0.422 e. The van der Waals surface area contributed by atoms with E-state index in [2.05, 4.69) is 0 Å². The van der Waals surface area contributed by atoms with Crippen molar-refractivity contribution in [2.75, 3.05) is 0 Å². The molecule has 0 radical (unpaired) electrons. The highest BCUT2D eigenvalue weighted by molar-refractivity contribution is 5.98. The van der Waals surface area contributed by atoms with Gasteiger partial charge in [0.05, 0.1) is 0 Å². The van der Waals surface area contributed by atoms with E-state index in [1.165, 1.54) is 0 Å². The molecule has 0 aliphatic heterocycles.